The van der Waals surface area contributed by atoms with Gasteiger partial charge in [0.1, 0.15) is 0 Å². The molecule has 0 spiro atoms. The molecule has 4 rings (SSSR count). The third kappa shape index (κ3) is 3.34. The average Bonchev–Trinajstić information content (AvgIpc) is 3.20. The first-order valence-electron chi connectivity index (χ1n) is 12.5. The lowest BCUT2D eigenvalue weighted by atomic mass is 9.65. The summed E-state index contributed by atoms with van der Waals surface area (Å²) >= 11 is 0. The molecule has 4 unspecified atom stereocenters. The van der Waals surface area contributed by atoms with Crippen LogP contribution in [0.4, 0.5) is 0 Å². The predicted octanol–water partition coefficient (Wildman–Crippen LogP) is 7.40. The van der Waals surface area contributed by atoms with E-state index >= 15 is 0 Å². The van der Waals surface area contributed by atoms with Crippen LogP contribution in [0.1, 0.15) is 114 Å². The van der Waals surface area contributed by atoms with Crippen molar-refractivity contribution in [1.29, 1.82) is 0 Å². The van der Waals surface area contributed by atoms with Crippen LogP contribution < -0.4 is 0 Å². The zero-order valence-corrected chi connectivity index (χ0v) is 20.9. The Morgan fingerprint density at radius 2 is 1.62 bits per heavy atom. The van der Waals surface area contributed by atoms with Crippen molar-refractivity contribution in [2.24, 2.45) is 33.5 Å². The van der Waals surface area contributed by atoms with Gasteiger partial charge in [0.25, 0.3) is 0 Å². The van der Waals surface area contributed by atoms with Crippen LogP contribution in [0.25, 0.3) is 0 Å². The fourth-order valence-corrected chi connectivity index (χ4v) is 8.55. The molecule has 4 aliphatic carbocycles. The average molecular weight is 405 g/mol. The second kappa shape index (κ2) is 6.71. The van der Waals surface area contributed by atoms with Gasteiger partial charge >= 0.3 is 0 Å². The van der Waals surface area contributed by atoms with Crippen molar-refractivity contribution in [2.45, 2.75) is 138 Å². The van der Waals surface area contributed by atoms with Gasteiger partial charge in [-0.15, -0.1) is 0 Å². The van der Waals surface area contributed by atoms with Crippen molar-refractivity contribution in [3.05, 3.63) is 0 Å². The van der Waals surface area contributed by atoms with E-state index in [9.17, 15) is 0 Å². The quantitative estimate of drug-likeness (QED) is 0.459. The summed E-state index contributed by atoms with van der Waals surface area (Å²) in [5.41, 5.74) is 1.41. The lowest BCUT2D eigenvalue weighted by Gasteiger charge is -2.46. The molecule has 0 heterocycles. The van der Waals surface area contributed by atoms with Gasteiger partial charge < -0.3 is 9.47 Å². The molecule has 7 atom stereocenters. The van der Waals surface area contributed by atoms with E-state index in [2.05, 4.69) is 62.3 Å². The van der Waals surface area contributed by atoms with E-state index in [1.165, 1.54) is 51.4 Å². The second-order valence-electron chi connectivity index (χ2n) is 13.8. The molecule has 0 radical (unpaired) electrons. The van der Waals surface area contributed by atoms with Crippen LogP contribution in [0.2, 0.25) is 0 Å². The van der Waals surface area contributed by atoms with Crippen LogP contribution in [-0.4, -0.2) is 23.9 Å². The molecule has 0 N–H and O–H groups in total. The van der Waals surface area contributed by atoms with Crippen molar-refractivity contribution < 1.29 is 9.47 Å². The standard InChI is InChI=1S/C27H48O2/c1-18(28-22-24(5,6)20-11-13-26(22,9)17-20)10-14-27-15-12-19(25(27,7)8)16-21(27)29-23(2,3)4/h18-22H,10-17H2,1-9H3/t18?,19?,20-,21?,22-,26+,27?/m0/s1. The van der Waals surface area contributed by atoms with Gasteiger partial charge in [0.05, 0.1) is 23.9 Å². The van der Waals surface area contributed by atoms with E-state index in [1.807, 2.05) is 0 Å². The molecule has 2 nitrogen and oxygen atoms in total. The molecule has 168 valence electrons. The number of ether oxygens (including phenoxy) is 2. The zero-order chi connectivity index (χ0) is 21.5. The Kier molecular flexibility index (Phi) is 5.12. The third-order valence-corrected chi connectivity index (χ3v) is 10.4. The number of fused-ring (bicyclic) bond motifs is 4. The SMILES string of the molecule is CC(CCC12CCC(CC1OC(C)(C)C)C2(C)C)O[C@H]1C(C)(C)[C@H]2CC[C@]1(C)C2. The smallest absolute Gasteiger partial charge is 0.0685 e. The van der Waals surface area contributed by atoms with Crippen molar-refractivity contribution in [3.63, 3.8) is 0 Å². The highest BCUT2D eigenvalue weighted by atomic mass is 16.5. The first-order valence-corrected chi connectivity index (χ1v) is 12.5. The predicted molar refractivity (Wildman–Crippen MR) is 121 cm³/mol. The van der Waals surface area contributed by atoms with Gasteiger partial charge in [0.2, 0.25) is 0 Å². The van der Waals surface area contributed by atoms with Gasteiger partial charge in [-0.2, -0.15) is 0 Å². The molecule has 2 heteroatoms. The summed E-state index contributed by atoms with van der Waals surface area (Å²) in [4.78, 5) is 0. The fourth-order valence-electron chi connectivity index (χ4n) is 8.55. The first-order chi connectivity index (χ1) is 13.2. The van der Waals surface area contributed by atoms with E-state index in [-0.39, 0.29) is 5.60 Å². The number of rotatable bonds is 6. The van der Waals surface area contributed by atoms with Crippen LogP contribution >= 0.6 is 0 Å². The molecule has 0 aromatic carbocycles. The van der Waals surface area contributed by atoms with Crippen molar-refractivity contribution in [3.8, 4) is 0 Å². The van der Waals surface area contributed by atoms with Gasteiger partial charge in [0.15, 0.2) is 0 Å². The van der Waals surface area contributed by atoms with E-state index < -0.39 is 0 Å². The molecule has 29 heavy (non-hydrogen) atoms. The van der Waals surface area contributed by atoms with Gasteiger partial charge in [-0.3, -0.25) is 0 Å². The van der Waals surface area contributed by atoms with Crippen LogP contribution in [-0.2, 0) is 9.47 Å². The normalized spacial score (nSPS) is 45.8. The van der Waals surface area contributed by atoms with Gasteiger partial charge in [-0.1, -0.05) is 34.6 Å². The fraction of sp³-hybridized carbons (Fsp3) is 1.00. The van der Waals surface area contributed by atoms with Crippen LogP contribution in [0.3, 0.4) is 0 Å². The molecule has 0 aromatic heterocycles. The van der Waals surface area contributed by atoms with Gasteiger partial charge in [-0.05, 0) is 107 Å². The van der Waals surface area contributed by atoms with Crippen LogP contribution in [0.5, 0.6) is 0 Å². The first kappa shape index (κ1) is 22.1. The molecule has 4 saturated carbocycles. The molecule has 4 fully saturated rings. The minimum Gasteiger partial charge on any atom is -0.374 e. The summed E-state index contributed by atoms with van der Waals surface area (Å²) in [6.07, 6.45) is 11.7. The summed E-state index contributed by atoms with van der Waals surface area (Å²) in [6, 6.07) is 0. The number of hydrogen-bond donors (Lipinski definition) is 0. The topological polar surface area (TPSA) is 18.5 Å². The Hall–Kier alpha value is -0.0800. The zero-order valence-electron chi connectivity index (χ0n) is 20.9. The van der Waals surface area contributed by atoms with Crippen molar-refractivity contribution in [2.75, 3.05) is 0 Å². The molecular weight excluding hydrogens is 356 g/mol. The molecule has 0 aromatic rings. The molecule has 0 aliphatic heterocycles. The van der Waals surface area contributed by atoms with Crippen molar-refractivity contribution in [1.82, 2.24) is 0 Å². The maximum atomic E-state index is 6.89. The summed E-state index contributed by atoms with van der Waals surface area (Å²) < 4.78 is 13.6. The molecule has 4 aliphatic rings. The van der Waals surface area contributed by atoms with Gasteiger partial charge in [-0.25, -0.2) is 0 Å². The van der Waals surface area contributed by atoms with E-state index in [4.69, 9.17) is 9.47 Å². The molecule has 0 saturated heterocycles. The summed E-state index contributed by atoms with van der Waals surface area (Å²) in [5, 5.41) is 0. The third-order valence-electron chi connectivity index (χ3n) is 10.4. The molecular formula is C27H48O2. The van der Waals surface area contributed by atoms with E-state index in [1.54, 1.807) is 0 Å². The maximum absolute atomic E-state index is 6.89. The lowest BCUT2D eigenvalue weighted by molar-refractivity contribution is -0.143. The minimum atomic E-state index is -0.0535. The van der Waals surface area contributed by atoms with Crippen LogP contribution in [0, 0.1) is 33.5 Å². The Bertz CT molecular complexity index is 624. The Labute approximate surface area is 180 Å². The number of hydrogen-bond acceptors (Lipinski definition) is 2. The second-order valence-corrected chi connectivity index (χ2v) is 13.8. The summed E-state index contributed by atoms with van der Waals surface area (Å²) in [6.45, 7) is 21.5. The largest absolute Gasteiger partial charge is 0.374 e. The monoisotopic (exact) mass is 404 g/mol. The summed E-state index contributed by atoms with van der Waals surface area (Å²) in [5.74, 6) is 1.69. The summed E-state index contributed by atoms with van der Waals surface area (Å²) in [7, 11) is 0. The van der Waals surface area contributed by atoms with Gasteiger partial charge in [0, 0.05) is 5.41 Å². The van der Waals surface area contributed by atoms with E-state index in [0.29, 0.717) is 40.0 Å². The van der Waals surface area contributed by atoms with Crippen molar-refractivity contribution >= 4 is 0 Å². The Balaban J connectivity index is 1.44. The molecule has 4 bridgehead atoms. The lowest BCUT2D eigenvalue weighted by Crippen LogP contribution is -2.45. The minimum absolute atomic E-state index is 0.0535. The Morgan fingerprint density at radius 3 is 2.17 bits per heavy atom. The van der Waals surface area contributed by atoms with E-state index in [0.717, 1.165) is 11.8 Å². The Morgan fingerprint density at radius 1 is 0.966 bits per heavy atom. The highest BCUT2D eigenvalue weighted by Crippen LogP contribution is 2.69. The van der Waals surface area contributed by atoms with Crippen LogP contribution in [0.15, 0.2) is 0 Å². The highest BCUT2D eigenvalue weighted by Gasteiger charge is 2.65. The maximum Gasteiger partial charge on any atom is 0.0685 e. The highest BCUT2D eigenvalue weighted by molar-refractivity contribution is 5.14. The molecule has 0 amide bonds.